The predicted octanol–water partition coefficient (Wildman–Crippen LogP) is 1.17. The molecule has 0 aromatic carbocycles. The molecule has 0 radical (unpaired) electrons. The van der Waals surface area contributed by atoms with Crippen LogP contribution in [0.15, 0.2) is 15.7 Å². The highest BCUT2D eigenvalue weighted by molar-refractivity contribution is 7.12. The number of hydrogen-bond acceptors (Lipinski definition) is 7. The van der Waals surface area contributed by atoms with Crippen LogP contribution in [0.2, 0.25) is 0 Å². The quantitative estimate of drug-likeness (QED) is 0.607. The van der Waals surface area contributed by atoms with E-state index in [4.69, 9.17) is 10.5 Å². The average molecular weight is 363 g/mol. The number of hydrogen-bond donors (Lipinski definition) is 2. The number of ether oxygens (including phenoxy) is 1. The zero-order valence-corrected chi connectivity index (χ0v) is 14.6. The fourth-order valence-electron chi connectivity index (χ4n) is 2.65. The smallest absolute Gasteiger partial charge is 0.339 e. The van der Waals surface area contributed by atoms with Crippen LogP contribution < -0.4 is 17.0 Å². The van der Waals surface area contributed by atoms with Gasteiger partial charge in [0.1, 0.15) is 11.4 Å². The van der Waals surface area contributed by atoms with Crippen LogP contribution in [0.4, 0.5) is 5.82 Å². The van der Waals surface area contributed by atoms with Gasteiger partial charge in [0, 0.05) is 15.8 Å². The van der Waals surface area contributed by atoms with Crippen LogP contribution in [0.5, 0.6) is 0 Å². The first-order valence-corrected chi connectivity index (χ1v) is 8.53. The zero-order chi connectivity index (χ0) is 18.3. The second kappa shape index (κ2) is 6.32. The Morgan fingerprint density at radius 3 is 2.60 bits per heavy atom. The molecule has 1 fully saturated rings. The molecule has 2 heterocycles. The molecule has 0 bridgehead atoms. The number of carbonyl (C=O) groups is 2. The maximum absolute atomic E-state index is 12.3. The lowest BCUT2D eigenvalue weighted by Gasteiger charge is -2.11. The monoisotopic (exact) mass is 363 g/mol. The van der Waals surface area contributed by atoms with Crippen molar-refractivity contribution in [2.45, 2.75) is 32.7 Å². The molecule has 1 aliphatic rings. The van der Waals surface area contributed by atoms with Gasteiger partial charge in [-0.15, -0.1) is 11.3 Å². The number of aromatic nitrogens is 2. The topological polar surface area (TPSA) is 124 Å². The van der Waals surface area contributed by atoms with Gasteiger partial charge in [0.25, 0.3) is 5.56 Å². The number of nitrogens with one attached hydrogen (secondary N) is 1. The van der Waals surface area contributed by atoms with Crippen molar-refractivity contribution in [3.8, 4) is 0 Å². The predicted molar refractivity (Wildman–Crippen MR) is 92.4 cm³/mol. The number of aryl methyl sites for hydroxylation is 2. The van der Waals surface area contributed by atoms with Crippen molar-refractivity contribution < 1.29 is 14.3 Å². The summed E-state index contributed by atoms with van der Waals surface area (Å²) in [5.74, 6) is -1.56. The molecule has 1 saturated carbocycles. The van der Waals surface area contributed by atoms with E-state index in [0.29, 0.717) is 5.56 Å². The van der Waals surface area contributed by atoms with Gasteiger partial charge in [0.15, 0.2) is 6.61 Å². The molecule has 0 amide bonds. The maximum Gasteiger partial charge on any atom is 0.339 e. The normalized spacial score (nSPS) is 13.7. The molecular formula is C16H17N3O5S. The van der Waals surface area contributed by atoms with E-state index in [1.807, 2.05) is 6.92 Å². The summed E-state index contributed by atoms with van der Waals surface area (Å²) in [5.41, 5.74) is 4.39. The van der Waals surface area contributed by atoms with E-state index in [9.17, 15) is 19.2 Å². The molecule has 3 rings (SSSR count). The van der Waals surface area contributed by atoms with E-state index >= 15 is 0 Å². The Hall–Kier alpha value is -2.68. The van der Waals surface area contributed by atoms with E-state index in [2.05, 4.69) is 4.98 Å². The minimum atomic E-state index is -0.872. The van der Waals surface area contributed by atoms with Gasteiger partial charge in [0.2, 0.25) is 5.78 Å². The molecule has 132 valence electrons. The van der Waals surface area contributed by atoms with Crippen LogP contribution in [-0.2, 0) is 4.74 Å². The summed E-state index contributed by atoms with van der Waals surface area (Å²) < 4.78 is 6.23. The first kappa shape index (κ1) is 17.2. The standard InChI is InChI=1S/C16H17N3O5S/c1-7-5-10(8(2)25-7)15(22)24-6-11(20)12-13(17)19(9-3-4-9)16(23)18-14(12)21/h5,9H,3-4,6,17H2,1-2H3,(H,18,21,23). The van der Waals surface area contributed by atoms with Gasteiger partial charge in [0.05, 0.1) is 5.56 Å². The summed E-state index contributed by atoms with van der Waals surface area (Å²) in [4.78, 5) is 52.0. The van der Waals surface area contributed by atoms with Crippen molar-refractivity contribution in [1.82, 2.24) is 9.55 Å². The molecule has 0 aliphatic heterocycles. The van der Waals surface area contributed by atoms with Crippen LogP contribution in [-0.4, -0.2) is 27.9 Å². The van der Waals surface area contributed by atoms with E-state index in [1.165, 1.54) is 15.9 Å². The van der Waals surface area contributed by atoms with Crippen LogP contribution in [0, 0.1) is 13.8 Å². The van der Waals surface area contributed by atoms with Crippen LogP contribution in [0.25, 0.3) is 0 Å². The second-order valence-corrected chi connectivity index (χ2v) is 7.41. The van der Waals surface area contributed by atoms with Crippen molar-refractivity contribution in [2.24, 2.45) is 0 Å². The number of nitrogens with two attached hydrogens (primary N) is 1. The van der Waals surface area contributed by atoms with Gasteiger partial charge >= 0.3 is 11.7 Å². The van der Waals surface area contributed by atoms with Crippen LogP contribution >= 0.6 is 11.3 Å². The highest BCUT2D eigenvalue weighted by atomic mass is 32.1. The van der Waals surface area contributed by atoms with E-state index in [1.54, 1.807) is 13.0 Å². The Balaban J connectivity index is 1.81. The minimum absolute atomic E-state index is 0.102. The van der Waals surface area contributed by atoms with Crippen molar-refractivity contribution in [2.75, 3.05) is 12.3 Å². The Kier molecular flexibility index (Phi) is 4.34. The number of rotatable bonds is 5. The summed E-state index contributed by atoms with van der Waals surface area (Å²) in [6.07, 6.45) is 1.52. The molecule has 2 aromatic heterocycles. The molecule has 25 heavy (non-hydrogen) atoms. The third-order valence-electron chi connectivity index (χ3n) is 3.97. The number of aromatic amines is 1. The number of nitrogens with zero attached hydrogens (tertiary/aromatic N) is 1. The lowest BCUT2D eigenvalue weighted by Crippen LogP contribution is -2.36. The second-order valence-electron chi connectivity index (χ2n) is 5.95. The van der Waals surface area contributed by atoms with E-state index in [0.717, 1.165) is 22.6 Å². The van der Waals surface area contributed by atoms with Gasteiger partial charge in [-0.25, -0.2) is 9.59 Å². The number of carbonyl (C=O) groups excluding carboxylic acids is 2. The van der Waals surface area contributed by atoms with Crippen molar-refractivity contribution in [3.63, 3.8) is 0 Å². The number of nitrogen functional groups attached to an aromatic ring is 1. The van der Waals surface area contributed by atoms with E-state index < -0.39 is 29.6 Å². The summed E-state index contributed by atoms with van der Waals surface area (Å²) in [7, 11) is 0. The van der Waals surface area contributed by atoms with Gasteiger partial charge in [-0.05, 0) is 32.8 Å². The fourth-order valence-corrected chi connectivity index (χ4v) is 3.56. The van der Waals surface area contributed by atoms with Crippen molar-refractivity contribution in [3.05, 3.63) is 47.8 Å². The van der Waals surface area contributed by atoms with Gasteiger partial charge in [-0.2, -0.15) is 0 Å². The molecule has 2 aromatic rings. The third kappa shape index (κ3) is 3.27. The highest BCUT2D eigenvalue weighted by Gasteiger charge is 2.30. The molecule has 8 nitrogen and oxygen atoms in total. The number of anilines is 1. The minimum Gasteiger partial charge on any atom is -0.454 e. The molecule has 0 saturated heterocycles. The fraction of sp³-hybridized carbons (Fsp3) is 0.375. The summed E-state index contributed by atoms with van der Waals surface area (Å²) in [5, 5.41) is 0. The molecule has 0 spiro atoms. The molecular weight excluding hydrogens is 346 g/mol. The summed E-state index contributed by atoms with van der Waals surface area (Å²) in [6.45, 7) is 3.02. The lowest BCUT2D eigenvalue weighted by atomic mass is 10.2. The largest absolute Gasteiger partial charge is 0.454 e. The first-order chi connectivity index (χ1) is 11.8. The van der Waals surface area contributed by atoms with E-state index in [-0.39, 0.29) is 17.4 Å². The number of Topliss-reactive ketones (excluding diaryl/α,β-unsaturated/α-hetero) is 1. The molecule has 9 heteroatoms. The Morgan fingerprint density at radius 1 is 1.36 bits per heavy atom. The van der Waals surface area contributed by atoms with Crippen molar-refractivity contribution >= 4 is 28.9 Å². The molecule has 0 atom stereocenters. The average Bonchev–Trinajstić information content (AvgIpc) is 3.28. The highest BCUT2D eigenvalue weighted by Crippen LogP contribution is 2.35. The first-order valence-electron chi connectivity index (χ1n) is 7.71. The Morgan fingerprint density at radius 2 is 2.04 bits per heavy atom. The van der Waals surface area contributed by atoms with Gasteiger partial charge in [-0.1, -0.05) is 0 Å². The number of ketones is 1. The summed E-state index contributed by atoms with van der Waals surface area (Å²) >= 11 is 1.45. The molecule has 1 aliphatic carbocycles. The molecule has 3 N–H and O–H groups in total. The zero-order valence-electron chi connectivity index (χ0n) is 13.8. The van der Waals surface area contributed by atoms with Gasteiger partial charge < -0.3 is 10.5 Å². The van der Waals surface area contributed by atoms with Crippen LogP contribution in [0.1, 0.15) is 49.4 Å². The number of esters is 1. The third-order valence-corrected chi connectivity index (χ3v) is 4.93. The Bertz CT molecular complexity index is 981. The number of thiophene rings is 1. The van der Waals surface area contributed by atoms with Crippen LogP contribution in [0.3, 0.4) is 0 Å². The lowest BCUT2D eigenvalue weighted by molar-refractivity contribution is 0.0474. The molecule has 0 unspecified atom stereocenters. The maximum atomic E-state index is 12.3. The Labute approximate surface area is 146 Å². The number of H-pyrrole nitrogens is 1. The van der Waals surface area contributed by atoms with Crippen molar-refractivity contribution in [1.29, 1.82) is 0 Å². The SMILES string of the molecule is Cc1cc(C(=O)OCC(=O)c2c(N)n(C3CC3)c(=O)[nH]c2=O)c(C)s1. The summed E-state index contributed by atoms with van der Waals surface area (Å²) in [6, 6.07) is 1.58. The van der Waals surface area contributed by atoms with Gasteiger partial charge in [-0.3, -0.25) is 19.1 Å².